The van der Waals surface area contributed by atoms with Gasteiger partial charge >= 0.3 is 6.09 Å². The molecule has 0 saturated carbocycles. The van der Waals surface area contributed by atoms with E-state index in [-0.39, 0.29) is 6.61 Å². The maximum Gasteiger partial charge on any atom is 0.404 e. The third-order valence-electron chi connectivity index (χ3n) is 1.05. The number of carbonyl (C=O) groups is 1. The Morgan fingerprint density at radius 2 is 1.57 bits per heavy atom. The van der Waals surface area contributed by atoms with Crippen molar-refractivity contribution in [1.82, 2.24) is 0 Å². The molecule has 0 aliphatic rings. The highest BCUT2D eigenvalue weighted by molar-refractivity contribution is 5.64. The van der Waals surface area contributed by atoms with Gasteiger partial charge in [0, 0.05) is 6.61 Å². The van der Waals surface area contributed by atoms with Crippen molar-refractivity contribution in [1.29, 1.82) is 0 Å². The molecule has 0 aliphatic heterocycles. The summed E-state index contributed by atoms with van der Waals surface area (Å²) in [6.07, 6.45) is -0.775. The van der Waals surface area contributed by atoms with Crippen LogP contribution in [0.5, 0.6) is 0 Å². The van der Waals surface area contributed by atoms with E-state index in [2.05, 4.69) is 4.74 Å². The number of hydrogen-bond acceptors (Lipinski definition) is 4. The Balaban J connectivity index is 0. The van der Waals surface area contributed by atoms with E-state index >= 15 is 0 Å². The van der Waals surface area contributed by atoms with Gasteiger partial charge in [-0.1, -0.05) is 13.8 Å². The van der Waals surface area contributed by atoms with Crippen molar-refractivity contribution >= 4 is 6.09 Å². The first kappa shape index (κ1) is 15.7. The van der Waals surface area contributed by atoms with E-state index in [0.717, 1.165) is 0 Å². The van der Waals surface area contributed by atoms with E-state index in [1.807, 2.05) is 20.8 Å². The van der Waals surface area contributed by atoms with Crippen LogP contribution in [0.1, 0.15) is 20.8 Å². The molecule has 0 radical (unpaired) electrons. The van der Waals surface area contributed by atoms with Crippen LogP contribution in [0.15, 0.2) is 0 Å². The van der Waals surface area contributed by atoms with Crippen molar-refractivity contribution in [2.45, 2.75) is 20.8 Å². The van der Waals surface area contributed by atoms with Gasteiger partial charge in [-0.15, -0.1) is 0 Å². The van der Waals surface area contributed by atoms with Crippen molar-refractivity contribution in [3.8, 4) is 0 Å². The number of ether oxygens (including phenoxy) is 3. The Labute approximate surface area is 85.5 Å². The zero-order chi connectivity index (χ0) is 11.2. The predicted molar refractivity (Wildman–Crippen MR) is 54.2 cm³/mol. The molecule has 0 spiro atoms. The Hall–Kier alpha value is -0.810. The minimum absolute atomic E-state index is 0.196. The van der Waals surface area contributed by atoms with Crippen molar-refractivity contribution in [3.05, 3.63) is 0 Å². The summed E-state index contributed by atoms with van der Waals surface area (Å²) in [5.74, 6) is 0. The van der Waals surface area contributed by atoms with Gasteiger partial charge in [-0.2, -0.15) is 0 Å². The summed E-state index contributed by atoms with van der Waals surface area (Å²) in [4.78, 5) is 10.1. The number of primary amides is 1. The lowest BCUT2D eigenvalue weighted by Gasteiger charge is -2.03. The number of nitrogens with two attached hydrogens (primary N) is 1. The van der Waals surface area contributed by atoms with Gasteiger partial charge in [0.1, 0.15) is 6.61 Å². The smallest absolute Gasteiger partial charge is 0.404 e. The number of rotatable bonds is 7. The van der Waals surface area contributed by atoms with E-state index in [0.29, 0.717) is 26.4 Å². The highest BCUT2D eigenvalue weighted by Gasteiger charge is 1.92. The number of carbonyl (C=O) groups excluding carboxylic acids is 1. The van der Waals surface area contributed by atoms with Gasteiger partial charge in [-0.3, -0.25) is 0 Å². The molecule has 86 valence electrons. The first-order chi connectivity index (χ1) is 6.77. The lowest BCUT2D eigenvalue weighted by atomic mass is 10.7. The van der Waals surface area contributed by atoms with E-state index < -0.39 is 6.09 Å². The molecule has 0 aromatic carbocycles. The molecule has 0 heterocycles. The van der Waals surface area contributed by atoms with E-state index in [1.54, 1.807) is 0 Å². The zero-order valence-electron chi connectivity index (χ0n) is 9.25. The first-order valence-electron chi connectivity index (χ1n) is 4.85. The van der Waals surface area contributed by atoms with Crippen molar-refractivity contribution < 1.29 is 19.0 Å². The second kappa shape index (κ2) is 14.7. The molecule has 0 aromatic rings. The van der Waals surface area contributed by atoms with Crippen LogP contribution in [0.4, 0.5) is 4.79 Å². The van der Waals surface area contributed by atoms with Crippen LogP contribution in [0, 0.1) is 0 Å². The molecule has 0 rings (SSSR count). The van der Waals surface area contributed by atoms with Gasteiger partial charge in [0.05, 0.1) is 19.8 Å². The van der Waals surface area contributed by atoms with Crippen LogP contribution >= 0.6 is 0 Å². The number of hydrogen-bond donors (Lipinski definition) is 1. The molecule has 0 bridgehead atoms. The molecule has 2 N–H and O–H groups in total. The zero-order valence-corrected chi connectivity index (χ0v) is 9.25. The fraction of sp³-hybridized carbons (Fsp3) is 0.889. The molecule has 0 fully saturated rings. The topological polar surface area (TPSA) is 70.8 Å². The third kappa shape index (κ3) is 17.3. The van der Waals surface area contributed by atoms with Crippen molar-refractivity contribution in [2.75, 3.05) is 33.0 Å². The average Bonchev–Trinajstić information content (AvgIpc) is 2.19. The molecule has 0 aliphatic carbocycles. The molecule has 0 unspecified atom stereocenters. The number of amides is 1. The van der Waals surface area contributed by atoms with Crippen LogP contribution in [0.3, 0.4) is 0 Å². The van der Waals surface area contributed by atoms with Gasteiger partial charge in [-0.05, 0) is 6.92 Å². The van der Waals surface area contributed by atoms with E-state index in [4.69, 9.17) is 15.2 Å². The minimum atomic E-state index is -0.775. The summed E-state index contributed by atoms with van der Waals surface area (Å²) in [5, 5.41) is 0. The molecule has 0 saturated heterocycles. The molecule has 0 atom stereocenters. The monoisotopic (exact) mass is 207 g/mol. The summed E-state index contributed by atoms with van der Waals surface area (Å²) in [6, 6.07) is 0. The normalized spacial score (nSPS) is 8.79. The Morgan fingerprint density at radius 3 is 2.07 bits per heavy atom. The first-order valence-corrected chi connectivity index (χ1v) is 4.85. The second-order valence-corrected chi connectivity index (χ2v) is 1.98. The maximum atomic E-state index is 10.1. The van der Waals surface area contributed by atoms with Crippen LogP contribution < -0.4 is 5.73 Å². The van der Waals surface area contributed by atoms with Gasteiger partial charge in [-0.25, -0.2) is 4.79 Å². The van der Waals surface area contributed by atoms with Gasteiger partial charge in [0.2, 0.25) is 0 Å². The molecular weight excluding hydrogens is 186 g/mol. The Morgan fingerprint density at radius 1 is 1.07 bits per heavy atom. The maximum absolute atomic E-state index is 10.1. The Kier molecular flexibility index (Phi) is 16.4. The SMILES string of the molecule is CC.CCOCCOCCOC(N)=O. The third-order valence-corrected chi connectivity index (χ3v) is 1.05. The summed E-state index contributed by atoms with van der Waals surface area (Å²) < 4.78 is 14.5. The summed E-state index contributed by atoms with van der Waals surface area (Å²) in [6.45, 7) is 8.22. The van der Waals surface area contributed by atoms with Crippen molar-refractivity contribution in [2.24, 2.45) is 5.73 Å². The van der Waals surface area contributed by atoms with Crippen molar-refractivity contribution in [3.63, 3.8) is 0 Å². The van der Waals surface area contributed by atoms with E-state index in [9.17, 15) is 4.79 Å². The molecule has 14 heavy (non-hydrogen) atoms. The lowest BCUT2D eigenvalue weighted by Crippen LogP contribution is -2.17. The molecule has 5 nitrogen and oxygen atoms in total. The molecular formula is C9H21NO4. The summed E-state index contributed by atoms with van der Waals surface area (Å²) in [7, 11) is 0. The highest BCUT2D eigenvalue weighted by atomic mass is 16.6. The van der Waals surface area contributed by atoms with Crippen LogP contribution in [-0.2, 0) is 14.2 Å². The van der Waals surface area contributed by atoms with Gasteiger partial charge in [0.25, 0.3) is 0 Å². The average molecular weight is 207 g/mol. The van der Waals surface area contributed by atoms with Gasteiger partial charge < -0.3 is 19.9 Å². The van der Waals surface area contributed by atoms with E-state index in [1.165, 1.54) is 0 Å². The highest BCUT2D eigenvalue weighted by Crippen LogP contribution is 1.79. The van der Waals surface area contributed by atoms with Crippen LogP contribution in [0.2, 0.25) is 0 Å². The molecule has 0 aromatic heterocycles. The second-order valence-electron chi connectivity index (χ2n) is 1.98. The fourth-order valence-electron chi connectivity index (χ4n) is 0.565. The lowest BCUT2D eigenvalue weighted by molar-refractivity contribution is 0.0327. The molecule has 5 heteroatoms. The Bertz CT molecular complexity index is 119. The predicted octanol–water partition coefficient (Wildman–Crippen LogP) is 1.16. The van der Waals surface area contributed by atoms with Crippen LogP contribution in [-0.4, -0.2) is 39.1 Å². The summed E-state index contributed by atoms with van der Waals surface area (Å²) in [5.41, 5.74) is 4.71. The van der Waals surface area contributed by atoms with Crippen LogP contribution in [0.25, 0.3) is 0 Å². The molecule has 1 amide bonds. The standard InChI is InChI=1S/C7H15NO4.C2H6/c1-2-10-3-4-11-5-6-12-7(8)9;1-2/h2-6H2,1H3,(H2,8,9);1-2H3. The minimum Gasteiger partial charge on any atom is -0.447 e. The largest absolute Gasteiger partial charge is 0.447 e. The fourth-order valence-corrected chi connectivity index (χ4v) is 0.565. The van der Waals surface area contributed by atoms with Gasteiger partial charge in [0.15, 0.2) is 0 Å². The quantitative estimate of drug-likeness (QED) is 0.636. The summed E-state index contributed by atoms with van der Waals surface area (Å²) >= 11 is 0.